The Bertz CT molecular complexity index is 1610. The number of hydrogen-bond acceptors (Lipinski definition) is 4. The largest absolute Gasteiger partial charge is 0.488 e. The van der Waals surface area contributed by atoms with Gasteiger partial charge in [-0.05, 0) is 74.1 Å². The SMILES string of the molecule is CCc1ccccc1NC(=O)CN1C(=O)N/C(=C/c2ccc(OCc3cccc4ccccc34)c(Br)c2)C1=O. The van der Waals surface area contributed by atoms with Crippen LogP contribution < -0.4 is 15.4 Å². The number of aryl methyl sites for hydroxylation is 1. The van der Waals surface area contributed by atoms with Crippen LogP contribution in [-0.4, -0.2) is 29.3 Å². The van der Waals surface area contributed by atoms with Gasteiger partial charge in [-0.1, -0.05) is 73.7 Å². The van der Waals surface area contributed by atoms with Gasteiger partial charge in [-0.25, -0.2) is 9.69 Å². The molecule has 0 bridgehead atoms. The van der Waals surface area contributed by atoms with Gasteiger partial charge in [-0.3, -0.25) is 9.59 Å². The Balaban J connectivity index is 1.24. The number of urea groups is 1. The van der Waals surface area contributed by atoms with Gasteiger partial charge in [0.25, 0.3) is 5.91 Å². The number of amides is 4. The molecule has 8 heteroatoms. The Kier molecular flexibility index (Phi) is 7.74. The zero-order valence-electron chi connectivity index (χ0n) is 21.2. The Morgan fingerprint density at radius 2 is 1.72 bits per heavy atom. The van der Waals surface area contributed by atoms with E-state index in [4.69, 9.17) is 4.74 Å². The van der Waals surface area contributed by atoms with Gasteiger partial charge >= 0.3 is 6.03 Å². The monoisotopic (exact) mass is 583 g/mol. The maximum atomic E-state index is 12.9. The van der Waals surface area contributed by atoms with Crippen LogP contribution in [0.4, 0.5) is 10.5 Å². The summed E-state index contributed by atoms with van der Waals surface area (Å²) < 4.78 is 6.77. The van der Waals surface area contributed by atoms with E-state index < -0.39 is 17.8 Å². The third-order valence-corrected chi connectivity index (χ3v) is 7.09. The van der Waals surface area contributed by atoms with Gasteiger partial charge in [0, 0.05) is 5.69 Å². The molecule has 0 aromatic heterocycles. The molecule has 4 aromatic carbocycles. The lowest BCUT2D eigenvalue weighted by Gasteiger charge is -2.13. The van der Waals surface area contributed by atoms with E-state index in [0.29, 0.717) is 28.1 Å². The summed E-state index contributed by atoms with van der Waals surface area (Å²) in [6.07, 6.45) is 2.32. The molecule has 4 amide bonds. The Hall–Kier alpha value is -4.43. The molecule has 196 valence electrons. The molecular weight excluding hydrogens is 558 g/mol. The van der Waals surface area contributed by atoms with Gasteiger partial charge in [0.2, 0.25) is 5.91 Å². The van der Waals surface area contributed by atoms with Crippen molar-refractivity contribution in [3.63, 3.8) is 0 Å². The van der Waals surface area contributed by atoms with Crippen LogP contribution in [0, 0.1) is 0 Å². The second-order valence-electron chi connectivity index (χ2n) is 9.06. The quantitative estimate of drug-likeness (QED) is 0.189. The van der Waals surface area contributed by atoms with Crippen LogP contribution in [0.5, 0.6) is 5.75 Å². The highest BCUT2D eigenvalue weighted by Gasteiger charge is 2.35. The molecule has 1 fully saturated rings. The first-order chi connectivity index (χ1) is 18.9. The number of nitrogens with one attached hydrogen (secondary N) is 2. The van der Waals surface area contributed by atoms with Crippen molar-refractivity contribution in [3.05, 3.63) is 112 Å². The number of nitrogens with zero attached hydrogens (tertiary/aromatic N) is 1. The summed E-state index contributed by atoms with van der Waals surface area (Å²) in [5.41, 5.74) is 3.50. The van der Waals surface area contributed by atoms with E-state index in [1.165, 1.54) is 0 Å². The van der Waals surface area contributed by atoms with Crippen LogP contribution in [0.3, 0.4) is 0 Å². The molecule has 4 aromatic rings. The topological polar surface area (TPSA) is 87.7 Å². The zero-order valence-corrected chi connectivity index (χ0v) is 22.8. The van der Waals surface area contributed by atoms with E-state index in [2.05, 4.69) is 44.8 Å². The van der Waals surface area contributed by atoms with Crippen molar-refractivity contribution < 1.29 is 19.1 Å². The van der Waals surface area contributed by atoms with E-state index >= 15 is 0 Å². The molecule has 0 radical (unpaired) electrons. The summed E-state index contributed by atoms with van der Waals surface area (Å²) in [7, 11) is 0. The van der Waals surface area contributed by atoms with Crippen LogP contribution in [0.15, 0.2) is 95.1 Å². The van der Waals surface area contributed by atoms with Gasteiger partial charge in [0.1, 0.15) is 24.6 Å². The fourth-order valence-electron chi connectivity index (χ4n) is 4.46. The predicted molar refractivity (Wildman–Crippen MR) is 155 cm³/mol. The second kappa shape index (κ2) is 11.5. The number of halogens is 1. The van der Waals surface area contributed by atoms with Crippen molar-refractivity contribution in [3.8, 4) is 5.75 Å². The maximum absolute atomic E-state index is 12.9. The lowest BCUT2D eigenvalue weighted by molar-refractivity contribution is -0.127. The van der Waals surface area contributed by atoms with Gasteiger partial charge in [-0.15, -0.1) is 0 Å². The van der Waals surface area contributed by atoms with E-state index in [9.17, 15) is 14.4 Å². The first-order valence-corrected chi connectivity index (χ1v) is 13.3. The summed E-state index contributed by atoms with van der Waals surface area (Å²) in [5.74, 6) is -0.361. The molecule has 1 aliphatic rings. The summed E-state index contributed by atoms with van der Waals surface area (Å²) >= 11 is 3.54. The maximum Gasteiger partial charge on any atom is 0.329 e. The second-order valence-corrected chi connectivity index (χ2v) is 9.91. The van der Waals surface area contributed by atoms with Crippen LogP contribution >= 0.6 is 15.9 Å². The molecule has 1 heterocycles. The summed E-state index contributed by atoms with van der Waals surface area (Å²) in [5, 5.41) is 7.65. The Morgan fingerprint density at radius 3 is 2.54 bits per heavy atom. The first kappa shape index (κ1) is 26.2. The number of benzene rings is 4. The average molecular weight is 584 g/mol. The minimum atomic E-state index is -0.640. The standard InChI is InChI=1S/C31H26BrN3O4/c1-2-21-8-4-6-13-26(21)33-29(36)18-35-30(37)27(34-31(35)38)17-20-14-15-28(25(32)16-20)39-19-23-11-7-10-22-9-3-5-12-24(22)23/h3-17H,2,18-19H2,1H3,(H,33,36)(H,34,38)/b27-17+. The molecule has 0 saturated carbocycles. The molecule has 0 unspecified atom stereocenters. The summed E-state index contributed by atoms with van der Waals surface area (Å²) in [4.78, 5) is 38.9. The molecule has 7 nitrogen and oxygen atoms in total. The lowest BCUT2D eigenvalue weighted by Crippen LogP contribution is -2.38. The van der Waals surface area contributed by atoms with Gasteiger partial charge in [0.15, 0.2) is 0 Å². The van der Waals surface area contributed by atoms with E-state index in [-0.39, 0.29) is 12.2 Å². The molecule has 39 heavy (non-hydrogen) atoms. The summed E-state index contributed by atoms with van der Waals surface area (Å²) in [6, 6.07) is 26.5. The molecular formula is C31H26BrN3O4. The van der Waals surface area contributed by atoms with Crippen molar-refractivity contribution in [2.75, 3.05) is 11.9 Å². The fourth-order valence-corrected chi connectivity index (χ4v) is 4.97. The van der Waals surface area contributed by atoms with Gasteiger partial charge in [0.05, 0.1) is 4.47 Å². The van der Waals surface area contributed by atoms with E-state index in [1.54, 1.807) is 24.3 Å². The van der Waals surface area contributed by atoms with Gasteiger partial charge < -0.3 is 15.4 Å². The smallest absolute Gasteiger partial charge is 0.329 e. The van der Waals surface area contributed by atoms with Crippen molar-refractivity contribution in [1.82, 2.24) is 10.2 Å². The third kappa shape index (κ3) is 5.86. The molecule has 0 atom stereocenters. The molecule has 1 aliphatic heterocycles. The number of rotatable bonds is 8. The normalized spacial score (nSPS) is 14.1. The van der Waals surface area contributed by atoms with Crippen molar-refractivity contribution in [2.45, 2.75) is 20.0 Å². The number of hydrogen-bond donors (Lipinski definition) is 2. The Morgan fingerprint density at radius 1 is 0.974 bits per heavy atom. The number of imide groups is 1. The minimum absolute atomic E-state index is 0.0954. The highest BCUT2D eigenvalue weighted by molar-refractivity contribution is 9.10. The molecule has 1 saturated heterocycles. The van der Waals surface area contributed by atoms with E-state index in [1.807, 2.05) is 55.5 Å². The molecule has 5 rings (SSSR count). The van der Waals surface area contributed by atoms with Crippen LogP contribution in [-0.2, 0) is 22.6 Å². The first-order valence-electron chi connectivity index (χ1n) is 12.5. The Labute approximate surface area is 234 Å². The van der Waals surface area contributed by atoms with Crippen LogP contribution in [0.2, 0.25) is 0 Å². The number of para-hydroxylation sites is 1. The zero-order chi connectivity index (χ0) is 27.4. The van der Waals surface area contributed by atoms with Crippen LogP contribution in [0.1, 0.15) is 23.6 Å². The van der Waals surface area contributed by atoms with E-state index in [0.717, 1.165) is 33.2 Å². The highest BCUT2D eigenvalue weighted by atomic mass is 79.9. The lowest BCUT2D eigenvalue weighted by atomic mass is 10.1. The minimum Gasteiger partial charge on any atom is -0.488 e. The van der Waals surface area contributed by atoms with Gasteiger partial charge in [-0.2, -0.15) is 0 Å². The van der Waals surface area contributed by atoms with Crippen molar-refractivity contribution >= 4 is 56.3 Å². The number of anilines is 1. The fraction of sp³-hybridized carbons (Fsp3) is 0.129. The van der Waals surface area contributed by atoms with Crippen LogP contribution in [0.25, 0.3) is 16.8 Å². The highest BCUT2D eigenvalue weighted by Crippen LogP contribution is 2.29. The predicted octanol–water partition coefficient (Wildman–Crippen LogP) is 6.28. The summed E-state index contributed by atoms with van der Waals surface area (Å²) in [6.45, 7) is 2.00. The molecule has 2 N–H and O–H groups in total. The van der Waals surface area contributed by atoms with Crippen molar-refractivity contribution in [1.29, 1.82) is 0 Å². The molecule has 0 spiro atoms. The third-order valence-electron chi connectivity index (χ3n) is 6.47. The number of ether oxygens (including phenoxy) is 1. The number of carbonyl (C=O) groups excluding carboxylic acids is 3. The van der Waals surface area contributed by atoms with Crippen molar-refractivity contribution in [2.24, 2.45) is 0 Å². The number of fused-ring (bicyclic) bond motifs is 1. The molecule has 0 aliphatic carbocycles. The average Bonchev–Trinajstić information content (AvgIpc) is 3.20. The number of carbonyl (C=O) groups is 3.